The maximum absolute atomic E-state index is 13.2. The van der Waals surface area contributed by atoms with Gasteiger partial charge in [0, 0.05) is 17.2 Å². The Morgan fingerprint density at radius 3 is 2.80 bits per heavy atom. The summed E-state index contributed by atoms with van der Waals surface area (Å²) in [5, 5.41) is 0. The van der Waals surface area contributed by atoms with Crippen molar-refractivity contribution in [1.82, 2.24) is 4.57 Å². The number of rotatable bonds is 4. The normalized spacial score (nSPS) is 10.6. The van der Waals surface area contributed by atoms with Gasteiger partial charge in [0.2, 0.25) is 0 Å². The molecular formula is C14H14BrFN2O2. The topological polar surface area (TPSA) is 57.2 Å². The second kappa shape index (κ2) is 6.09. The van der Waals surface area contributed by atoms with Crippen molar-refractivity contribution in [2.24, 2.45) is 0 Å². The maximum atomic E-state index is 13.2. The zero-order valence-electron chi connectivity index (χ0n) is 10.9. The molecule has 1 aromatic carbocycles. The summed E-state index contributed by atoms with van der Waals surface area (Å²) in [5.74, 6) is -0.865. The van der Waals surface area contributed by atoms with Gasteiger partial charge in [0.15, 0.2) is 0 Å². The van der Waals surface area contributed by atoms with E-state index in [0.717, 1.165) is 0 Å². The van der Waals surface area contributed by atoms with Crippen LogP contribution < -0.4 is 5.73 Å². The van der Waals surface area contributed by atoms with Crippen molar-refractivity contribution in [1.29, 1.82) is 0 Å². The summed E-state index contributed by atoms with van der Waals surface area (Å²) in [6.07, 6.45) is 1.68. The van der Waals surface area contributed by atoms with Crippen LogP contribution in [0.5, 0.6) is 0 Å². The minimum absolute atomic E-state index is 0.00396. The molecule has 1 aromatic heterocycles. The first-order chi connectivity index (χ1) is 9.49. The van der Waals surface area contributed by atoms with Gasteiger partial charge in [0.1, 0.15) is 18.1 Å². The van der Waals surface area contributed by atoms with Crippen LogP contribution in [0.1, 0.15) is 23.0 Å². The second-order valence-corrected chi connectivity index (χ2v) is 5.21. The van der Waals surface area contributed by atoms with E-state index < -0.39 is 5.97 Å². The number of nitrogens with two attached hydrogens (primary N) is 1. The molecule has 106 valence electrons. The van der Waals surface area contributed by atoms with Crippen molar-refractivity contribution in [3.05, 3.63) is 52.0 Å². The number of hydrogen-bond donors (Lipinski definition) is 1. The zero-order chi connectivity index (χ0) is 14.7. The molecule has 0 aliphatic heterocycles. The molecule has 1 heterocycles. The lowest BCUT2D eigenvalue weighted by atomic mass is 10.2. The van der Waals surface area contributed by atoms with Gasteiger partial charge in [-0.05, 0) is 36.8 Å². The summed E-state index contributed by atoms with van der Waals surface area (Å²) in [7, 11) is 0. The quantitative estimate of drug-likeness (QED) is 0.868. The highest BCUT2D eigenvalue weighted by molar-refractivity contribution is 9.10. The first-order valence-electron chi connectivity index (χ1n) is 6.07. The van der Waals surface area contributed by atoms with E-state index in [1.54, 1.807) is 22.9 Å². The highest BCUT2D eigenvalue weighted by atomic mass is 79.9. The summed E-state index contributed by atoms with van der Waals surface area (Å²) in [5.41, 5.74) is 7.13. The van der Waals surface area contributed by atoms with Crippen LogP contribution in [-0.2, 0) is 17.9 Å². The van der Waals surface area contributed by atoms with Crippen molar-refractivity contribution in [3.63, 3.8) is 0 Å². The SMILES string of the molecule is CCn1cc(N)cc1C(=O)OCc1cc(F)cc(Br)c1. The molecule has 0 atom stereocenters. The van der Waals surface area contributed by atoms with Crippen LogP contribution in [0, 0.1) is 5.82 Å². The van der Waals surface area contributed by atoms with Gasteiger partial charge >= 0.3 is 5.97 Å². The van der Waals surface area contributed by atoms with Crippen LogP contribution in [0.4, 0.5) is 10.1 Å². The minimum Gasteiger partial charge on any atom is -0.456 e. The van der Waals surface area contributed by atoms with Gasteiger partial charge in [0.05, 0.1) is 5.69 Å². The molecule has 6 heteroatoms. The Morgan fingerprint density at radius 1 is 1.40 bits per heavy atom. The lowest BCUT2D eigenvalue weighted by molar-refractivity contribution is 0.0460. The summed E-state index contributed by atoms with van der Waals surface area (Å²) < 4.78 is 20.7. The van der Waals surface area contributed by atoms with E-state index in [1.165, 1.54) is 12.1 Å². The molecule has 0 aliphatic carbocycles. The third-order valence-corrected chi connectivity index (χ3v) is 3.22. The van der Waals surface area contributed by atoms with Crippen LogP contribution in [0.2, 0.25) is 0 Å². The fraction of sp³-hybridized carbons (Fsp3) is 0.214. The predicted octanol–water partition coefficient (Wildman–Crippen LogP) is 3.35. The number of esters is 1. The average Bonchev–Trinajstić information content (AvgIpc) is 2.76. The van der Waals surface area contributed by atoms with Gasteiger partial charge < -0.3 is 15.0 Å². The summed E-state index contributed by atoms with van der Waals surface area (Å²) in [4.78, 5) is 12.0. The molecule has 0 amide bonds. The van der Waals surface area contributed by atoms with Gasteiger partial charge in [0.25, 0.3) is 0 Å². The van der Waals surface area contributed by atoms with Crippen LogP contribution in [0.3, 0.4) is 0 Å². The number of ether oxygens (including phenoxy) is 1. The van der Waals surface area contributed by atoms with Crippen molar-refractivity contribution in [2.45, 2.75) is 20.1 Å². The first kappa shape index (κ1) is 14.6. The van der Waals surface area contributed by atoms with E-state index in [-0.39, 0.29) is 12.4 Å². The predicted molar refractivity (Wildman–Crippen MR) is 77.7 cm³/mol. The Kier molecular flexibility index (Phi) is 4.44. The Balaban J connectivity index is 2.08. The van der Waals surface area contributed by atoms with Crippen LogP contribution in [0.15, 0.2) is 34.9 Å². The van der Waals surface area contributed by atoms with Gasteiger partial charge in [-0.3, -0.25) is 0 Å². The molecule has 0 saturated carbocycles. The molecule has 0 fully saturated rings. The number of hydrogen-bond acceptors (Lipinski definition) is 3. The molecule has 20 heavy (non-hydrogen) atoms. The van der Waals surface area contributed by atoms with Crippen molar-refractivity contribution in [3.8, 4) is 0 Å². The van der Waals surface area contributed by atoms with Crippen molar-refractivity contribution >= 4 is 27.6 Å². The van der Waals surface area contributed by atoms with E-state index in [2.05, 4.69) is 15.9 Å². The number of nitrogens with zero attached hydrogens (tertiary/aromatic N) is 1. The number of benzene rings is 1. The Hall–Kier alpha value is -1.82. The van der Waals surface area contributed by atoms with Gasteiger partial charge in [-0.1, -0.05) is 15.9 Å². The largest absolute Gasteiger partial charge is 0.456 e. The monoisotopic (exact) mass is 340 g/mol. The first-order valence-corrected chi connectivity index (χ1v) is 6.86. The van der Waals surface area contributed by atoms with Crippen LogP contribution in [0.25, 0.3) is 0 Å². The number of aromatic nitrogens is 1. The summed E-state index contributed by atoms with van der Waals surface area (Å²) in [6, 6.07) is 5.93. The van der Waals surface area contributed by atoms with Crippen LogP contribution in [-0.4, -0.2) is 10.5 Å². The van der Waals surface area contributed by atoms with Crippen molar-refractivity contribution in [2.75, 3.05) is 5.73 Å². The molecule has 0 bridgehead atoms. The number of nitrogen functional groups attached to an aromatic ring is 1. The van der Waals surface area contributed by atoms with Gasteiger partial charge in [-0.2, -0.15) is 0 Å². The molecule has 2 rings (SSSR count). The molecule has 0 aliphatic rings. The standard InChI is InChI=1S/C14H14BrFN2O2/c1-2-18-7-12(17)6-13(18)14(19)20-8-9-3-10(15)5-11(16)4-9/h3-7H,2,8,17H2,1H3. The molecule has 2 aromatic rings. The van der Waals surface area contributed by atoms with E-state index >= 15 is 0 Å². The number of aryl methyl sites for hydroxylation is 1. The fourth-order valence-electron chi connectivity index (χ4n) is 1.88. The third kappa shape index (κ3) is 3.39. The lowest BCUT2D eigenvalue weighted by Crippen LogP contribution is -2.11. The van der Waals surface area contributed by atoms with E-state index in [9.17, 15) is 9.18 Å². The zero-order valence-corrected chi connectivity index (χ0v) is 12.5. The summed E-state index contributed by atoms with van der Waals surface area (Å²) in [6.45, 7) is 2.52. The Bertz CT molecular complexity index is 620. The molecular weight excluding hydrogens is 327 g/mol. The molecule has 2 N–H and O–H groups in total. The second-order valence-electron chi connectivity index (χ2n) is 4.30. The molecule has 0 spiro atoms. The smallest absolute Gasteiger partial charge is 0.355 e. The third-order valence-electron chi connectivity index (χ3n) is 2.76. The molecule has 4 nitrogen and oxygen atoms in total. The minimum atomic E-state index is -0.482. The maximum Gasteiger partial charge on any atom is 0.355 e. The van der Waals surface area contributed by atoms with Crippen molar-refractivity contribution < 1.29 is 13.9 Å². The highest BCUT2D eigenvalue weighted by Crippen LogP contribution is 2.17. The number of halogens is 2. The summed E-state index contributed by atoms with van der Waals surface area (Å²) >= 11 is 3.19. The van der Waals surface area contributed by atoms with Crippen LogP contribution >= 0.6 is 15.9 Å². The number of carbonyl (C=O) groups excluding carboxylic acids is 1. The molecule has 0 saturated heterocycles. The van der Waals surface area contributed by atoms with Gasteiger partial charge in [-0.15, -0.1) is 0 Å². The lowest BCUT2D eigenvalue weighted by Gasteiger charge is -2.07. The number of anilines is 1. The molecule has 0 unspecified atom stereocenters. The molecule has 0 radical (unpaired) electrons. The highest BCUT2D eigenvalue weighted by Gasteiger charge is 2.14. The van der Waals surface area contributed by atoms with E-state index in [0.29, 0.717) is 28.0 Å². The number of carbonyl (C=O) groups is 1. The van der Waals surface area contributed by atoms with E-state index in [1.807, 2.05) is 6.92 Å². The fourth-order valence-corrected chi connectivity index (χ4v) is 2.40. The Labute approximate surface area is 124 Å². The van der Waals surface area contributed by atoms with E-state index in [4.69, 9.17) is 10.5 Å². The van der Waals surface area contributed by atoms with Gasteiger partial charge in [-0.25, -0.2) is 9.18 Å². The Morgan fingerprint density at radius 2 is 2.15 bits per heavy atom. The average molecular weight is 341 g/mol.